The molecule has 0 saturated heterocycles. The number of aryl methyl sites for hydroxylation is 1. The van der Waals surface area contributed by atoms with Gasteiger partial charge in [-0.1, -0.05) is 31.7 Å². The molecule has 0 N–H and O–H groups in total. The smallest absolute Gasteiger partial charge is 0.226 e. The number of carbonyl (C=O) groups excluding carboxylic acids is 1. The number of hydrogen-bond acceptors (Lipinski definition) is 6. The number of rotatable bonds is 12. The van der Waals surface area contributed by atoms with Crippen molar-refractivity contribution in [3.8, 4) is 28.7 Å². The molecule has 0 atom stereocenters. The van der Waals surface area contributed by atoms with Gasteiger partial charge in [0.2, 0.25) is 5.89 Å². The molecule has 6 heteroatoms. The first-order chi connectivity index (χ1) is 15.2. The fourth-order valence-corrected chi connectivity index (χ4v) is 3.04. The zero-order chi connectivity index (χ0) is 22.1. The second-order valence-electron chi connectivity index (χ2n) is 6.88. The molecule has 0 aliphatic rings. The van der Waals surface area contributed by atoms with Gasteiger partial charge in [0.25, 0.3) is 0 Å². The summed E-state index contributed by atoms with van der Waals surface area (Å²) >= 11 is 0. The van der Waals surface area contributed by atoms with Crippen molar-refractivity contribution >= 4 is 5.78 Å². The third-order valence-corrected chi connectivity index (χ3v) is 4.58. The first kappa shape index (κ1) is 22.2. The average molecular weight is 421 g/mol. The van der Waals surface area contributed by atoms with Crippen LogP contribution in [0.1, 0.15) is 35.8 Å². The largest absolute Gasteiger partial charge is 0.493 e. The van der Waals surface area contributed by atoms with Crippen molar-refractivity contribution in [1.82, 2.24) is 4.98 Å². The molecule has 0 amide bonds. The standard InChI is InChI=1S/C25H27NO5/c1-4-14-29-22-9-7-6-8-20(22)21(27)12-11-19-17-31-25(26-19)18-10-13-23(28-3)24(16-18)30-15-5-2/h5-10,13,16-17H,2,4,11-12,14-15H2,1,3H3. The molecular formula is C25H27NO5. The Labute approximate surface area is 182 Å². The average Bonchev–Trinajstić information content (AvgIpc) is 3.29. The molecule has 0 aliphatic heterocycles. The predicted molar refractivity (Wildman–Crippen MR) is 119 cm³/mol. The number of oxazole rings is 1. The number of aromatic nitrogens is 1. The van der Waals surface area contributed by atoms with Crippen LogP contribution in [0.5, 0.6) is 17.2 Å². The molecule has 0 aliphatic carbocycles. The van der Waals surface area contributed by atoms with Gasteiger partial charge in [-0.15, -0.1) is 0 Å². The van der Waals surface area contributed by atoms with E-state index in [9.17, 15) is 4.79 Å². The van der Waals surface area contributed by atoms with Crippen molar-refractivity contribution in [3.05, 3.63) is 72.6 Å². The maximum absolute atomic E-state index is 12.7. The SMILES string of the molecule is C=CCOc1cc(-c2nc(CCC(=O)c3ccccc3OCCC)co2)ccc1OC. The van der Waals surface area contributed by atoms with Crippen molar-refractivity contribution in [1.29, 1.82) is 0 Å². The highest BCUT2D eigenvalue weighted by Gasteiger charge is 2.15. The number of para-hydroxylation sites is 1. The van der Waals surface area contributed by atoms with Crippen LogP contribution in [0.3, 0.4) is 0 Å². The van der Waals surface area contributed by atoms with Crippen molar-refractivity contribution < 1.29 is 23.4 Å². The normalized spacial score (nSPS) is 10.5. The molecule has 0 radical (unpaired) electrons. The van der Waals surface area contributed by atoms with Gasteiger partial charge in [-0.3, -0.25) is 4.79 Å². The van der Waals surface area contributed by atoms with E-state index in [1.54, 1.807) is 31.6 Å². The molecule has 3 rings (SSSR count). The van der Waals surface area contributed by atoms with Crippen molar-refractivity contribution in [2.45, 2.75) is 26.2 Å². The minimum atomic E-state index is 0.0146. The number of carbonyl (C=O) groups is 1. The van der Waals surface area contributed by atoms with Gasteiger partial charge in [0.05, 0.1) is 25.0 Å². The van der Waals surface area contributed by atoms with E-state index >= 15 is 0 Å². The van der Waals surface area contributed by atoms with Crippen molar-refractivity contribution in [2.75, 3.05) is 20.3 Å². The van der Waals surface area contributed by atoms with E-state index in [1.165, 1.54) is 0 Å². The van der Waals surface area contributed by atoms with E-state index in [1.807, 2.05) is 37.3 Å². The van der Waals surface area contributed by atoms with Crippen molar-refractivity contribution in [3.63, 3.8) is 0 Å². The second kappa shape index (κ2) is 11.0. The Morgan fingerprint density at radius 2 is 1.97 bits per heavy atom. The number of ketones is 1. The van der Waals surface area contributed by atoms with Crippen molar-refractivity contribution in [2.24, 2.45) is 0 Å². The monoisotopic (exact) mass is 421 g/mol. The topological polar surface area (TPSA) is 70.8 Å². The lowest BCUT2D eigenvalue weighted by atomic mass is 10.0. The van der Waals surface area contributed by atoms with Crippen LogP contribution in [-0.4, -0.2) is 31.1 Å². The van der Waals surface area contributed by atoms with E-state index < -0.39 is 0 Å². The van der Waals surface area contributed by atoms with Crippen LogP contribution in [0.15, 0.2) is 65.8 Å². The van der Waals surface area contributed by atoms with Gasteiger partial charge in [-0.2, -0.15) is 0 Å². The van der Waals surface area contributed by atoms with E-state index in [0.29, 0.717) is 60.5 Å². The lowest BCUT2D eigenvalue weighted by Gasteiger charge is -2.10. The number of hydrogen-bond donors (Lipinski definition) is 0. The van der Waals surface area contributed by atoms with Gasteiger partial charge >= 0.3 is 0 Å². The number of ether oxygens (including phenoxy) is 3. The first-order valence-electron chi connectivity index (χ1n) is 10.3. The summed E-state index contributed by atoms with van der Waals surface area (Å²) in [6.07, 6.45) is 4.92. The fraction of sp³-hybridized carbons (Fsp3) is 0.280. The van der Waals surface area contributed by atoms with Gasteiger partial charge in [0, 0.05) is 18.4 Å². The van der Waals surface area contributed by atoms with E-state index in [2.05, 4.69) is 11.6 Å². The molecule has 0 unspecified atom stereocenters. The first-order valence-corrected chi connectivity index (χ1v) is 10.3. The minimum Gasteiger partial charge on any atom is -0.493 e. The Morgan fingerprint density at radius 3 is 2.74 bits per heavy atom. The molecule has 3 aromatic rings. The molecular weight excluding hydrogens is 394 g/mol. The quantitative estimate of drug-likeness (QED) is 0.283. The van der Waals surface area contributed by atoms with Gasteiger partial charge in [-0.05, 0) is 36.8 Å². The molecule has 0 spiro atoms. The predicted octanol–water partition coefficient (Wildman–Crippen LogP) is 5.52. The summed E-state index contributed by atoms with van der Waals surface area (Å²) in [4.78, 5) is 17.2. The summed E-state index contributed by atoms with van der Waals surface area (Å²) in [5, 5.41) is 0. The molecule has 0 saturated carbocycles. The van der Waals surface area contributed by atoms with Crippen LogP contribution in [0.2, 0.25) is 0 Å². The Kier molecular flexibility index (Phi) is 7.87. The fourth-order valence-electron chi connectivity index (χ4n) is 3.04. The highest BCUT2D eigenvalue weighted by molar-refractivity contribution is 5.98. The van der Waals surface area contributed by atoms with Crippen LogP contribution in [0.4, 0.5) is 0 Å². The molecule has 1 heterocycles. The third-order valence-electron chi connectivity index (χ3n) is 4.58. The molecule has 2 aromatic carbocycles. The Bertz CT molecular complexity index is 1020. The van der Waals surface area contributed by atoms with Crippen LogP contribution in [0.25, 0.3) is 11.5 Å². The zero-order valence-corrected chi connectivity index (χ0v) is 17.9. The Morgan fingerprint density at radius 1 is 1.13 bits per heavy atom. The molecule has 162 valence electrons. The molecule has 1 aromatic heterocycles. The van der Waals surface area contributed by atoms with Crippen LogP contribution in [0, 0.1) is 0 Å². The number of nitrogens with zero attached hydrogens (tertiary/aromatic N) is 1. The third kappa shape index (κ3) is 5.75. The van der Waals surface area contributed by atoms with Gasteiger partial charge in [0.1, 0.15) is 18.6 Å². The van der Waals surface area contributed by atoms with Gasteiger partial charge < -0.3 is 18.6 Å². The van der Waals surface area contributed by atoms with Crippen LogP contribution < -0.4 is 14.2 Å². The van der Waals surface area contributed by atoms with E-state index in [0.717, 1.165) is 12.0 Å². The molecule has 0 bridgehead atoms. The molecule has 6 nitrogen and oxygen atoms in total. The minimum absolute atomic E-state index is 0.0146. The summed E-state index contributed by atoms with van der Waals surface area (Å²) in [6.45, 7) is 6.64. The van der Waals surface area contributed by atoms with Crippen LogP contribution >= 0.6 is 0 Å². The number of methoxy groups -OCH3 is 1. The summed E-state index contributed by atoms with van der Waals surface area (Å²) < 4.78 is 22.3. The number of benzene rings is 2. The van der Waals surface area contributed by atoms with Gasteiger partial charge in [0.15, 0.2) is 17.3 Å². The van der Waals surface area contributed by atoms with E-state index in [4.69, 9.17) is 18.6 Å². The lowest BCUT2D eigenvalue weighted by Crippen LogP contribution is -2.06. The molecule has 31 heavy (non-hydrogen) atoms. The maximum atomic E-state index is 12.7. The highest BCUT2D eigenvalue weighted by Crippen LogP contribution is 2.32. The Balaban J connectivity index is 1.68. The lowest BCUT2D eigenvalue weighted by molar-refractivity contribution is 0.0978. The summed E-state index contributed by atoms with van der Waals surface area (Å²) in [5.74, 6) is 2.30. The highest BCUT2D eigenvalue weighted by atomic mass is 16.5. The summed E-state index contributed by atoms with van der Waals surface area (Å²) in [6, 6.07) is 12.8. The Hall–Kier alpha value is -3.54. The second-order valence-corrected chi connectivity index (χ2v) is 6.88. The summed E-state index contributed by atoms with van der Waals surface area (Å²) in [7, 11) is 1.58. The molecule has 0 fully saturated rings. The summed E-state index contributed by atoms with van der Waals surface area (Å²) in [5.41, 5.74) is 2.06. The van der Waals surface area contributed by atoms with Gasteiger partial charge in [-0.25, -0.2) is 4.98 Å². The van der Waals surface area contributed by atoms with Crippen LogP contribution in [-0.2, 0) is 6.42 Å². The number of Topliss-reactive ketones (excluding diaryl/α,β-unsaturated/α-hetero) is 1. The van der Waals surface area contributed by atoms with E-state index in [-0.39, 0.29) is 5.78 Å². The zero-order valence-electron chi connectivity index (χ0n) is 17.9. The maximum Gasteiger partial charge on any atom is 0.226 e.